The highest BCUT2D eigenvalue weighted by atomic mass is 35.5. The van der Waals surface area contributed by atoms with Gasteiger partial charge in [-0.15, -0.1) is 0 Å². The number of hydrogen-bond acceptors (Lipinski definition) is 3. The molecular formula is C7H7ClN2O3. The summed E-state index contributed by atoms with van der Waals surface area (Å²) in [6, 6.07) is -0.110. The summed E-state index contributed by atoms with van der Waals surface area (Å²) in [6.45, 7) is 0. The van der Waals surface area contributed by atoms with Gasteiger partial charge in [-0.05, 0) is 6.07 Å². The summed E-state index contributed by atoms with van der Waals surface area (Å²) in [6.07, 6.45) is 1.27. The molecule has 4 N–H and O–H groups in total. The van der Waals surface area contributed by atoms with Crippen molar-refractivity contribution in [1.82, 2.24) is 4.98 Å². The summed E-state index contributed by atoms with van der Waals surface area (Å²) in [5, 5.41) is 8.77. The van der Waals surface area contributed by atoms with Crippen molar-refractivity contribution in [3.63, 3.8) is 0 Å². The number of pyridine rings is 1. The molecule has 1 atom stereocenters. The molecular weight excluding hydrogens is 196 g/mol. The number of rotatable bonds is 2. The summed E-state index contributed by atoms with van der Waals surface area (Å²) < 4.78 is 0. The van der Waals surface area contributed by atoms with Crippen molar-refractivity contribution in [1.29, 1.82) is 0 Å². The van der Waals surface area contributed by atoms with Crippen LogP contribution in [0.1, 0.15) is 11.6 Å². The molecule has 0 amide bonds. The summed E-state index contributed by atoms with van der Waals surface area (Å²) in [7, 11) is 0. The predicted octanol–water partition coefficient (Wildman–Crippen LogP) is 0.113. The topological polar surface area (TPSA) is 96.2 Å². The lowest BCUT2D eigenvalue weighted by Crippen LogP contribution is -2.27. The molecule has 0 aliphatic rings. The van der Waals surface area contributed by atoms with Crippen LogP contribution in [-0.4, -0.2) is 16.1 Å². The predicted molar refractivity (Wildman–Crippen MR) is 46.6 cm³/mol. The third kappa shape index (κ3) is 2.07. The maximum atomic E-state index is 11.1. The van der Waals surface area contributed by atoms with E-state index in [9.17, 15) is 9.59 Å². The Morgan fingerprint density at radius 1 is 1.69 bits per heavy atom. The Kier molecular flexibility index (Phi) is 2.69. The quantitative estimate of drug-likeness (QED) is 0.634. The lowest BCUT2D eigenvalue weighted by Gasteiger charge is -2.04. The summed E-state index contributed by atoms with van der Waals surface area (Å²) in [4.78, 5) is 23.8. The summed E-state index contributed by atoms with van der Waals surface area (Å²) >= 11 is 5.55. The number of halogens is 1. The second-order valence-electron chi connectivity index (χ2n) is 2.42. The van der Waals surface area contributed by atoms with Gasteiger partial charge in [0.25, 0.3) is 5.56 Å². The van der Waals surface area contributed by atoms with Gasteiger partial charge in [0.15, 0.2) is 0 Å². The normalized spacial score (nSPS) is 12.5. The second-order valence-corrected chi connectivity index (χ2v) is 2.85. The van der Waals surface area contributed by atoms with E-state index in [1.807, 2.05) is 0 Å². The van der Waals surface area contributed by atoms with E-state index >= 15 is 0 Å². The molecule has 0 bridgehead atoms. The first kappa shape index (κ1) is 9.76. The molecule has 0 saturated carbocycles. The molecule has 1 rings (SSSR count). The van der Waals surface area contributed by atoms with Gasteiger partial charge < -0.3 is 15.8 Å². The number of aliphatic carboxylic acids is 1. The van der Waals surface area contributed by atoms with Gasteiger partial charge in [-0.1, -0.05) is 11.6 Å². The molecule has 1 heterocycles. The Morgan fingerprint density at radius 2 is 2.31 bits per heavy atom. The van der Waals surface area contributed by atoms with Crippen LogP contribution in [0, 0.1) is 0 Å². The molecule has 0 unspecified atom stereocenters. The standard InChI is InChI=1S/C7H7ClN2O3/c8-3-1-4(5(9)7(12)13)6(11)10-2-3/h1-2,5H,9H2,(H,10,11)(H,12,13)/t5-/m1/s1. The molecule has 0 radical (unpaired) electrons. The molecule has 0 saturated heterocycles. The van der Waals surface area contributed by atoms with Gasteiger partial charge in [-0.3, -0.25) is 9.59 Å². The number of H-pyrrole nitrogens is 1. The number of nitrogens with one attached hydrogen (secondary N) is 1. The fourth-order valence-corrected chi connectivity index (χ4v) is 1.01. The molecule has 0 aromatic carbocycles. The Labute approximate surface area is 78.1 Å². The minimum atomic E-state index is -1.34. The van der Waals surface area contributed by atoms with E-state index in [0.717, 1.165) is 0 Å². The van der Waals surface area contributed by atoms with Crippen molar-refractivity contribution in [2.24, 2.45) is 5.73 Å². The van der Waals surface area contributed by atoms with Gasteiger partial charge in [-0.2, -0.15) is 0 Å². The average Bonchev–Trinajstić information content (AvgIpc) is 2.08. The van der Waals surface area contributed by atoms with E-state index in [-0.39, 0.29) is 10.6 Å². The van der Waals surface area contributed by atoms with Gasteiger partial charge in [0.2, 0.25) is 0 Å². The van der Waals surface area contributed by atoms with Crippen molar-refractivity contribution in [2.75, 3.05) is 0 Å². The van der Waals surface area contributed by atoms with E-state index in [2.05, 4.69) is 4.98 Å². The summed E-state index contributed by atoms with van der Waals surface area (Å²) in [5.74, 6) is -1.27. The highest BCUT2D eigenvalue weighted by Gasteiger charge is 2.17. The fourth-order valence-electron chi connectivity index (χ4n) is 0.838. The highest BCUT2D eigenvalue weighted by molar-refractivity contribution is 6.30. The molecule has 1 aromatic rings. The first-order valence-electron chi connectivity index (χ1n) is 3.39. The molecule has 5 nitrogen and oxygen atoms in total. The van der Waals surface area contributed by atoms with Crippen LogP contribution in [0.25, 0.3) is 0 Å². The van der Waals surface area contributed by atoms with Crippen LogP contribution < -0.4 is 11.3 Å². The van der Waals surface area contributed by atoms with Gasteiger partial charge in [0.1, 0.15) is 6.04 Å². The Balaban J connectivity index is 3.21. The van der Waals surface area contributed by atoms with E-state index in [0.29, 0.717) is 0 Å². The van der Waals surface area contributed by atoms with Crippen LogP contribution in [-0.2, 0) is 4.79 Å². The Bertz CT molecular complexity index is 388. The van der Waals surface area contributed by atoms with Crippen LogP contribution >= 0.6 is 11.6 Å². The third-order valence-corrected chi connectivity index (χ3v) is 1.72. The zero-order chi connectivity index (χ0) is 10.0. The molecule has 13 heavy (non-hydrogen) atoms. The fraction of sp³-hybridized carbons (Fsp3) is 0.143. The van der Waals surface area contributed by atoms with Gasteiger partial charge in [0, 0.05) is 11.8 Å². The average molecular weight is 203 g/mol. The third-order valence-electron chi connectivity index (χ3n) is 1.50. The molecule has 1 aromatic heterocycles. The van der Waals surface area contributed by atoms with Crippen molar-refractivity contribution in [3.05, 3.63) is 33.2 Å². The largest absolute Gasteiger partial charge is 0.480 e. The van der Waals surface area contributed by atoms with E-state index in [1.54, 1.807) is 0 Å². The van der Waals surface area contributed by atoms with Gasteiger partial charge in [-0.25, -0.2) is 0 Å². The van der Waals surface area contributed by atoms with Crippen molar-refractivity contribution in [3.8, 4) is 0 Å². The SMILES string of the molecule is N[C@@H](C(=O)O)c1cc(Cl)c[nH]c1=O. The van der Waals surface area contributed by atoms with E-state index < -0.39 is 17.6 Å². The smallest absolute Gasteiger partial charge is 0.325 e. The first-order valence-corrected chi connectivity index (χ1v) is 3.76. The van der Waals surface area contributed by atoms with Crippen LogP contribution in [0.3, 0.4) is 0 Å². The van der Waals surface area contributed by atoms with Gasteiger partial charge in [0.05, 0.1) is 5.02 Å². The van der Waals surface area contributed by atoms with Crippen molar-refractivity contribution < 1.29 is 9.90 Å². The number of nitrogens with two attached hydrogens (primary N) is 1. The van der Waals surface area contributed by atoms with Crippen LogP contribution in [0.15, 0.2) is 17.1 Å². The molecule has 0 fully saturated rings. The number of hydrogen-bond donors (Lipinski definition) is 3. The van der Waals surface area contributed by atoms with Crippen molar-refractivity contribution >= 4 is 17.6 Å². The highest BCUT2D eigenvalue weighted by Crippen LogP contribution is 2.10. The van der Waals surface area contributed by atoms with Crippen molar-refractivity contribution in [2.45, 2.75) is 6.04 Å². The Hall–Kier alpha value is -1.33. The molecule has 0 spiro atoms. The maximum absolute atomic E-state index is 11.1. The zero-order valence-electron chi connectivity index (χ0n) is 6.45. The van der Waals surface area contributed by atoms with Crippen LogP contribution in [0.2, 0.25) is 5.02 Å². The lowest BCUT2D eigenvalue weighted by atomic mass is 10.1. The van der Waals surface area contributed by atoms with Gasteiger partial charge >= 0.3 is 5.97 Å². The minimum absolute atomic E-state index is 0.0556. The molecule has 6 heteroatoms. The Morgan fingerprint density at radius 3 is 2.85 bits per heavy atom. The van der Waals surface area contributed by atoms with E-state index in [1.165, 1.54) is 12.3 Å². The number of carboxylic acids is 1. The number of aromatic nitrogens is 1. The van der Waals surface area contributed by atoms with Crippen LogP contribution in [0.4, 0.5) is 0 Å². The molecule has 0 aliphatic heterocycles. The number of aromatic amines is 1. The number of carboxylic acid groups (broad SMARTS) is 1. The minimum Gasteiger partial charge on any atom is -0.480 e. The molecule has 70 valence electrons. The monoisotopic (exact) mass is 202 g/mol. The first-order chi connectivity index (χ1) is 6.02. The lowest BCUT2D eigenvalue weighted by molar-refractivity contribution is -0.138. The maximum Gasteiger partial charge on any atom is 0.325 e. The molecule has 0 aliphatic carbocycles. The zero-order valence-corrected chi connectivity index (χ0v) is 7.21. The second kappa shape index (κ2) is 3.59. The van der Waals surface area contributed by atoms with E-state index in [4.69, 9.17) is 22.4 Å². The summed E-state index contributed by atoms with van der Waals surface area (Å²) in [5.41, 5.74) is 4.63. The number of carbonyl (C=O) groups is 1. The van der Waals surface area contributed by atoms with Crippen LogP contribution in [0.5, 0.6) is 0 Å².